The van der Waals surface area contributed by atoms with Crippen molar-refractivity contribution in [1.82, 2.24) is 19.5 Å². The maximum atomic E-state index is 13.1. The molecule has 0 aliphatic carbocycles. The van der Waals surface area contributed by atoms with Gasteiger partial charge in [0, 0.05) is 12.4 Å². The molecule has 0 aliphatic heterocycles. The number of aromatic nitrogens is 4. The van der Waals surface area contributed by atoms with E-state index in [1.165, 1.54) is 16.4 Å². The summed E-state index contributed by atoms with van der Waals surface area (Å²) in [7, 11) is 0. The highest BCUT2D eigenvalue weighted by atomic mass is 35.5. The zero-order chi connectivity index (χ0) is 19.5. The number of nitrogens with one attached hydrogen (secondary N) is 1. The molecule has 0 amide bonds. The fourth-order valence-corrected chi connectivity index (χ4v) is 3.64. The van der Waals surface area contributed by atoms with Gasteiger partial charge in [-0.3, -0.25) is 9.47 Å². The van der Waals surface area contributed by atoms with Crippen molar-refractivity contribution in [3.63, 3.8) is 0 Å². The molecule has 0 atom stereocenters. The van der Waals surface area contributed by atoms with Gasteiger partial charge in [-0.2, -0.15) is 4.68 Å². The van der Waals surface area contributed by atoms with E-state index in [2.05, 4.69) is 15.5 Å². The third-order valence-corrected chi connectivity index (χ3v) is 5.52. The standard InChI is InChI=1S/C18H13Cl2N5O2S/c19-13-6-3-7-14(15(13)20)21-16-17(26)25(24-8-1-2-9-24)18(23-22-16)28-11-12-5-4-10-27-12/h1-10H,11H2,(H,21,22). The first-order valence-electron chi connectivity index (χ1n) is 8.13. The van der Waals surface area contributed by atoms with Crippen LogP contribution < -0.4 is 10.9 Å². The van der Waals surface area contributed by atoms with Gasteiger partial charge in [0.2, 0.25) is 11.0 Å². The van der Waals surface area contributed by atoms with E-state index >= 15 is 0 Å². The number of rotatable bonds is 6. The van der Waals surface area contributed by atoms with E-state index in [4.69, 9.17) is 27.6 Å². The molecule has 4 rings (SSSR count). The summed E-state index contributed by atoms with van der Waals surface area (Å²) in [5.74, 6) is 1.31. The number of anilines is 2. The number of benzene rings is 1. The third-order valence-electron chi connectivity index (χ3n) is 3.76. The Bertz CT molecular complexity index is 1140. The third kappa shape index (κ3) is 3.80. The van der Waals surface area contributed by atoms with Crippen LogP contribution in [0.25, 0.3) is 0 Å². The van der Waals surface area contributed by atoms with Gasteiger partial charge in [0.1, 0.15) is 5.76 Å². The van der Waals surface area contributed by atoms with E-state index in [-0.39, 0.29) is 11.4 Å². The quantitative estimate of drug-likeness (QED) is 0.444. The summed E-state index contributed by atoms with van der Waals surface area (Å²) in [6, 6.07) is 12.4. The van der Waals surface area contributed by atoms with E-state index in [1.54, 1.807) is 41.5 Å². The zero-order valence-electron chi connectivity index (χ0n) is 14.3. The highest BCUT2D eigenvalue weighted by Gasteiger charge is 2.16. The predicted octanol–water partition coefficient (Wildman–Crippen LogP) is 4.69. The molecule has 142 valence electrons. The minimum Gasteiger partial charge on any atom is -0.468 e. The van der Waals surface area contributed by atoms with Crippen LogP contribution in [0.2, 0.25) is 10.0 Å². The Morgan fingerprint density at radius 2 is 1.89 bits per heavy atom. The van der Waals surface area contributed by atoms with Gasteiger partial charge in [0.25, 0.3) is 0 Å². The zero-order valence-corrected chi connectivity index (χ0v) is 16.6. The fourth-order valence-electron chi connectivity index (χ4n) is 2.45. The van der Waals surface area contributed by atoms with Crippen molar-refractivity contribution in [2.75, 3.05) is 5.32 Å². The van der Waals surface area contributed by atoms with Crippen molar-refractivity contribution >= 4 is 46.5 Å². The average molecular weight is 434 g/mol. The molecular weight excluding hydrogens is 421 g/mol. The lowest BCUT2D eigenvalue weighted by atomic mass is 10.3. The fraction of sp³-hybridized carbons (Fsp3) is 0.0556. The first-order chi connectivity index (χ1) is 13.6. The summed E-state index contributed by atoms with van der Waals surface area (Å²) in [6.07, 6.45) is 5.09. The number of hydrogen-bond acceptors (Lipinski definition) is 6. The molecule has 0 aliphatic rings. The molecule has 0 spiro atoms. The minimum absolute atomic E-state index is 0.0280. The molecule has 0 saturated heterocycles. The van der Waals surface area contributed by atoms with Crippen LogP contribution in [0.4, 0.5) is 11.5 Å². The largest absolute Gasteiger partial charge is 0.468 e. The normalized spacial score (nSPS) is 10.9. The van der Waals surface area contributed by atoms with Crippen LogP contribution in [0.3, 0.4) is 0 Å². The monoisotopic (exact) mass is 433 g/mol. The predicted molar refractivity (Wildman–Crippen MR) is 110 cm³/mol. The van der Waals surface area contributed by atoms with E-state index in [9.17, 15) is 4.79 Å². The van der Waals surface area contributed by atoms with Crippen molar-refractivity contribution in [3.05, 3.63) is 87.3 Å². The summed E-state index contributed by atoms with van der Waals surface area (Å²) >= 11 is 13.6. The molecule has 3 aromatic heterocycles. The smallest absolute Gasteiger partial charge is 0.316 e. The van der Waals surface area contributed by atoms with E-state index in [0.717, 1.165) is 5.76 Å². The van der Waals surface area contributed by atoms with Gasteiger partial charge in [-0.15, -0.1) is 10.2 Å². The summed E-state index contributed by atoms with van der Waals surface area (Å²) in [6.45, 7) is 0. The van der Waals surface area contributed by atoms with Crippen LogP contribution in [0.15, 0.2) is 75.5 Å². The van der Waals surface area contributed by atoms with Crippen LogP contribution in [0, 0.1) is 0 Å². The van der Waals surface area contributed by atoms with Crippen LogP contribution in [-0.4, -0.2) is 19.5 Å². The van der Waals surface area contributed by atoms with E-state index in [0.29, 0.717) is 26.6 Å². The van der Waals surface area contributed by atoms with Crippen molar-refractivity contribution in [2.45, 2.75) is 10.9 Å². The van der Waals surface area contributed by atoms with Crippen molar-refractivity contribution < 1.29 is 4.42 Å². The van der Waals surface area contributed by atoms with Crippen LogP contribution in [0.5, 0.6) is 0 Å². The molecule has 0 unspecified atom stereocenters. The average Bonchev–Trinajstić information content (AvgIpc) is 3.39. The maximum absolute atomic E-state index is 13.1. The Morgan fingerprint density at radius 3 is 2.64 bits per heavy atom. The highest BCUT2D eigenvalue weighted by Crippen LogP contribution is 2.30. The molecule has 1 aromatic carbocycles. The molecule has 0 radical (unpaired) electrons. The van der Waals surface area contributed by atoms with Crippen molar-refractivity contribution in [1.29, 1.82) is 0 Å². The molecule has 1 N–H and O–H groups in total. The number of halogens is 2. The summed E-state index contributed by atoms with van der Waals surface area (Å²) in [5, 5.41) is 12.3. The van der Waals surface area contributed by atoms with E-state index < -0.39 is 0 Å². The molecule has 0 saturated carbocycles. The molecule has 7 nitrogen and oxygen atoms in total. The molecular formula is C18H13Cl2N5O2S. The van der Waals surface area contributed by atoms with Crippen LogP contribution in [0.1, 0.15) is 5.76 Å². The van der Waals surface area contributed by atoms with Gasteiger partial charge < -0.3 is 9.73 Å². The maximum Gasteiger partial charge on any atom is 0.316 e. The second-order valence-electron chi connectivity index (χ2n) is 5.61. The SMILES string of the molecule is O=c1c(Nc2cccc(Cl)c2Cl)nnc(SCc2ccco2)n1-n1cccc1. The Labute approximate surface area is 173 Å². The van der Waals surface area contributed by atoms with Crippen molar-refractivity contribution in [3.8, 4) is 0 Å². The lowest BCUT2D eigenvalue weighted by molar-refractivity contribution is 0.523. The second-order valence-corrected chi connectivity index (χ2v) is 7.33. The minimum atomic E-state index is -0.385. The number of thioether (sulfide) groups is 1. The summed E-state index contributed by atoms with van der Waals surface area (Å²) in [4.78, 5) is 13.1. The molecule has 28 heavy (non-hydrogen) atoms. The van der Waals surface area contributed by atoms with Gasteiger partial charge >= 0.3 is 5.56 Å². The first-order valence-corrected chi connectivity index (χ1v) is 9.87. The topological polar surface area (TPSA) is 77.9 Å². The van der Waals surface area contributed by atoms with Gasteiger partial charge in [0.15, 0.2) is 0 Å². The molecule has 10 heteroatoms. The molecule has 0 bridgehead atoms. The van der Waals surface area contributed by atoms with Crippen LogP contribution in [-0.2, 0) is 5.75 Å². The highest BCUT2D eigenvalue weighted by molar-refractivity contribution is 7.98. The van der Waals surface area contributed by atoms with E-state index in [1.807, 2.05) is 24.3 Å². The van der Waals surface area contributed by atoms with Gasteiger partial charge in [0.05, 0.1) is 27.7 Å². The molecule has 0 fully saturated rings. The Morgan fingerprint density at radius 1 is 1.07 bits per heavy atom. The van der Waals surface area contributed by atoms with Crippen molar-refractivity contribution in [2.24, 2.45) is 0 Å². The second kappa shape index (κ2) is 8.14. The summed E-state index contributed by atoms with van der Waals surface area (Å²) < 4.78 is 8.39. The molecule has 4 aromatic rings. The van der Waals surface area contributed by atoms with Gasteiger partial charge in [-0.1, -0.05) is 41.0 Å². The molecule has 3 heterocycles. The lowest BCUT2D eigenvalue weighted by Gasteiger charge is -2.14. The number of furan rings is 1. The van der Waals surface area contributed by atoms with Crippen LogP contribution >= 0.6 is 35.0 Å². The lowest BCUT2D eigenvalue weighted by Crippen LogP contribution is -2.30. The Hall–Kier alpha value is -2.68. The Kier molecular flexibility index (Phi) is 5.43. The van der Waals surface area contributed by atoms with Gasteiger partial charge in [-0.25, -0.2) is 0 Å². The number of nitrogens with zero attached hydrogens (tertiary/aromatic N) is 4. The van der Waals surface area contributed by atoms with Gasteiger partial charge in [-0.05, 0) is 36.4 Å². The summed E-state index contributed by atoms with van der Waals surface area (Å²) in [5.41, 5.74) is 0.0831. The first kappa shape index (κ1) is 18.7. The Balaban J connectivity index is 1.72. The number of hydrogen-bond donors (Lipinski definition) is 1.